The molecule has 2 aliphatic heterocycles. The number of carbonyl (C=O) groups excluding carboxylic acids is 1. The first-order valence-electron chi connectivity index (χ1n) is 10.1. The fourth-order valence-electron chi connectivity index (χ4n) is 4.64. The Balaban J connectivity index is 1.49. The van der Waals surface area contributed by atoms with Gasteiger partial charge < -0.3 is 9.80 Å². The van der Waals surface area contributed by atoms with Gasteiger partial charge in [-0.2, -0.15) is 0 Å². The molecular formula is C23H28FN3O. The van der Waals surface area contributed by atoms with Crippen LogP contribution in [0.3, 0.4) is 0 Å². The van der Waals surface area contributed by atoms with Crippen LogP contribution in [0.15, 0.2) is 54.6 Å². The summed E-state index contributed by atoms with van der Waals surface area (Å²) in [4.78, 5) is 19.7. The van der Waals surface area contributed by atoms with Crippen molar-refractivity contribution in [1.82, 2.24) is 14.7 Å². The topological polar surface area (TPSA) is 26.8 Å². The maximum atomic E-state index is 13.1. The number of rotatable bonds is 3. The lowest BCUT2D eigenvalue weighted by molar-refractivity contribution is -0.00752. The predicted molar refractivity (Wildman–Crippen MR) is 109 cm³/mol. The molecule has 0 saturated carbocycles. The first-order valence-corrected chi connectivity index (χ1v) is 10.1. The molecule has 5 heteroatoms. The predicted octanol–water partition coefficient (Wildman–Crippen LogP) is 3.20. The molecule has 0 aromatic heterocycles. The van der Waals surface area contributed by atoms with Crippen molar-refractivity contribution in [3.63, 3.8) is 0 Å². The summed E-state index contributed by atoms with van der Waals surface area (Å²) in [5.74, 6) is -0.315. The lowest BCUT2D eigenvalue weighted by atomic mass is 9.79. The Morgan fingerprint density at radius 1 is 0.857 bits per heavy atom. The Kier molecular flexibility index (Phi) is 5.47. The van der Waals surface area contributed by atoms with Gasteiger partial charge >= 0.3 is 0 Å². The Morgan fingerprint density at radius 3 is 2.07 bits per heavy atom. The summed E-state index contributed by atoms with van der Waals surface area (Å²) in [5.41, 5.74) is 2.01. The molecule has 0 bridgehead atoms. The third kappa shape index (κ3) is 3.69. The van der Waals surface area contributed by atoms with Gasteiger partial charge in [-0.05, 0) is 62.8 Å². The molecule has 148 valence electrons. The van der Waals surface area contributed by atoms with Gasteiger partial charge in [0.05, 0.1) is 0 Å². The van der Waals surface area contributed by atoms with Crippen LogP contribution in [-0.2, 0) is 5.54 Å². The average Bonchev–Trinajstić information content (AvgIpc) is 2.75. The monoisotopic (exact) mass is 381 g/mol. The summed E-state index contributed by atoms with van der Waals surface area (Å²) in [6.45, 7) is 5.32. The van der Waals surface area contributed by atoms with Crippen molar-refractivity contribution in [3.8, 4) is 0 Å². The van der Waals surface area contributed by atoms with Crippen molar-refractivity contribution in [1.29, 1.82) is 0 Å². The van der Waals surface area contributed by atoms with Crippen molar-refractivity contribution >= 4 is 5.91 Å². The number of nitrogens with zero attached hydrogens (tertiary/aromatic N) is 3. The summed E-state index contributed by atoms with van der Waals surface area (Å²) < 4.78 is 13.1. The Morgan fingerprint density at radius 2 is 1.46 bits per heavy atom. The largest absolute Gasteiger partial charge is 0.336 e. The van der Waals surface area contributed by atoms with Gasteiger partial charge in [0.1, 0.15) is 5.82 Å². The zero-order chi connectivity index (χ0) is 19.6. The zero-order valence-electron chi connectivity index (χ0n) is 16.5. The highest BCUT2D eigenvalue weighted by Crippen LogP contribution is 2.39. The van der Waals surface area contributed by atoms with E-state index in [4.69, 9.17) is 0 Å². The second kappa shape index (κ2) is 8.02. The van der Waals surface area contributed by atoms with Gasteiger partial charge in [0.2, 0.25) is 0 Å². The van der Waals surface area contributed by atoms with Gasteiger partial charge in [0, 0.05) is 37.3 Å². The molecule has 28 heavy (non-hydrogen) atoms. The number of carbonyl (C=O) groups is 1. The highest BCUT2D eigenvalue weighted by Gasteiger charge is 2.42. The molecule has 0 atom stereocenters. The van der Waals surface area contributed by atoms with E-state index in [0.717, 1.165) is 39.0 Å². The number of benzene rings is 2. The van der Waals surface area contributed by atoms with Crippen LogP contribution in [0.2, 0.25) is 0 Å². The molecule has 0 spiro atoms. The Bertz CT molecular complexity index is 792. The third-order valence-corrected chi connectivity index (χ3v) is 6.39. The third-order valence-electron chi connectivity index (χ3n) is 6.39. The van der Waals surface area contributed by atoms with Gasteiger partial charge in [-0.3, -0.25) is 9.69 Å². The van der Waals surface area contributed by atoms with Gasteiger partial charge in [0.15, 0.2) is 0 Å². The molecule has 0 N–H and O–H groups in total. The minimum absolute atomic E-state index is 0.00297. The molecule has 2 aromatic carbocycles. The second-order valence-corrected chi connectivity index (χ2v) is 7.99. The van der Waals surface area contributed by atoms with Crippen LogP contribution in [0.4, 0.5) is 4.39 Å². The number of amides is 1. The first kappa shape index (κ1) is 19.1. The molecule has 1 amide bonds. The number of halogens is 1. The molecule has 2 fully saturated rings. The van der Waals surface area contributed by atoms with E-state index in [1.807, 2.05) is 4.90 Å². The van der Waals surface area contributed by atoms with Crippen molar-refractivity contribution in [2.45, 2.75) is 18.4 Å². The number of piperazine rings is 1. The van der Waals surface area contributed by atoms with Gasteiger partial charge in [0.25, 0.3) is 5.91 Å². The number of likely N-dealkylation sites (tertiary alicyclic amines) is 1. The number of hydrogen-bond acceptors (Lipinski definition) is 3. The normalized spacial score (nSPS) is 20.9. The van der Waals surface area contributed by atoms with Crippen LogP contribution in [0.5, 0.6) is 0 Å². The highest BCUT2D eigenvalue weighted by atomic mass is 19.1. The molecule has 2 aliphatic rings. The van der Waals surface area contributed by atoms with Gasteiger partial charge in [-0.15, -0.1) is 0 Å². The fraction of sp³-hybridized carbons (Fsp3) is 0.435. The summed E-state index contributed by atoms with van der Waals surface area (Å²) >= 11 is 0. The molecule has 0 unspecified atom stereocenters. The van der Waals surface area contributed by atoms with Crippen molar-refractivity contribution in [2.24, 2.45) is 0 Å². The molecular weight excluding hydrogens is 353 g/mol. The highest BCUT2D eigenvalue weighted by molar-refractivity contribution is 5.94. The van der Waals surface area contributed by atoms with E-state index in [-0.39, 0.29) is 17.3 Å². The van der Waals surface area contributed by atoms with Crippen molar-refractivity contribution in [2.75, 3.05) is 46.3 Å². The first-order chi connectivity index (χ1) is 13.6. The minimum atomic E-state index is -0.312. The quantitative estimate of drug-likeness (QED) is 0.817. The van der Waals surface area contributed by atoms with Crippen LogP contribution in [0, 0.1) is 5.82 Å². The van der Waals surface area contributed by atoms with E-state index < -0.39 is 0 Å². The molecule has 2 aromatic rings. The Hall–Kier alpha value is -2.24. The summed E-state index contributed by atoms with van der Waals surface area (Å²) in [7, 11) is 2.19. The molecule has 2 heterocycles. The van der Waals surface area contributed by atoms with Crippen molar-refractivity contribution < 1.29 is 9.18 Å². The smallest absolute Gasteiger partial charge is 0.253 e. The van der Waals surface area contributed by atoms with E-state index in [9.17, 15) is 9.18 Å². The lowest BCUT2D eigenvalue weighted by Gasteiger charge is -2.51. The van der Waals surface area contributed by atoms with Crippen LogP contribution in [0.25, 0.3) is 0 Å². The van der Waals surface area contributed by atoms with Crippen LogP contribution in [-0.4, -0.2) is 66.9 Å². The van der Waals surface area contributed by atoms with Gasteiger partial charge in [-0.25, -0.2) is 4.39 Å². The second-order valence-electron chi connectivity index (χ2n) is 7.99. The van der Waals surface area contributed by atoms with E-state index in [1.54, 1.807) is 12.1 Å². The van der Waals surface area contributed by atoms with E-state index in [0.29, 0.717) is 18.7 Å². The van der Waals surface area contributed by atoms with Crippen LogP contribution in [0.1, 0.15) is 28.8 Å². The molecule has 4 nitrogen and oxygen atoms in total. The van der Waals surface area contributed by atoms with Crippen LogP contribution < -0.4 is 0 Å². The molecule has 2 saturated heterocycles. The standard InChI is InChI=1S/C23H28FN3O/c1-25-13-11-23(12-14-25,20-5-3-2-4-6-20)27-17-15-26(16-18-27)22(28)19-7-9-21(24)10-8-19/h2-10H,11-18H2,1H3. The fourth-order valence-corrected chi connectivity index (χ4v) is 4.64. The van der Waals surface area contributed by atoms with Crippen LogP contribution >= 0.6 is 0 Å². The van der Waals surface area contributed by atoms with Gasteiger partial charge in [-0.1, -0.05) is 30.3 Å². The van der Waals surface area contributed by atoms with Crippen molar-refractivity contribution in [3.05, 3.63) is 71.5 Å². The minimum Gasteiger partial charge on any atom is -0.336 e. The SMILES string of the molecule is CN1CCC(c2ccccc2)(N2CCN(C(=O)c3ccc(F)cc3)CC2)CC1. The summed E-state index contributed by atoms with van der Waals surface area (Å²) in [6.07, 6.45) is 2.22. The summed E-state index contributed by atoms with van der Waals surface area (Å²) in [6, 6.07) is 16.7. The molecule has 0 aliphatic carbocycles. The van der Waals surface area contributed by atoms with E-state index >= 15 is 0 Å². The van der Waals surface area contributed by atoms with E-state index in [2.05, 4.69) is 47.2 Å². The zero-order valence-corrected chi connectivity index (χ0v) is 16.5. The number of piperidine rings is 1. The average molecular weight is 381 g/mol. The Labute approximate surface area is 166 Å². The van der Waals surface area contributed by atoms with E-state index in [1.165, 1.54) is 17.7 Å². The lowest BCUT2D eigenvalue weighted by Crippen LogP contribution is -2.59. The molecule has 0 radical (unpaired) electrons. The number of hydrogen-bond donors (Lipinski definition) is 0. The maximum Gasteiger partial charge on any atom is 0.253 e. The molecule has 4 rings (SSSR count). The maximum absolute atomic E-state index is 13.1. The summed E-state index contributed by atoms with van der Waals surface area (Å²) in [5, 5.41) is 0.